The Balaban J connectivity index is 1.48. The van der Waals surface area contributed by atoms with Crippen molar-refractivity contribution in [2.45, 2.75) is 44.9 Å². The second-order valence-electron chi connectivity index (χ2n) is 4.34. The van der Waals surface area contributed by atoms with E-state index in [9.17, 15) is 0 Å². The van der Waals surface area contributed by atoms with Gasteiger partial charge in [0.15, 0.2) is 0 Å². The van der Waals surface area contributed by atoms with E-state index < -0.39 is 0 Å². The number of aryl methyl sites for hydroxylation is 2. The minimum absolute atomic E-state index is 0.561. The number of unbranched alkanes of at least 4 members (excludes halogenated alkanes) is 4. The highest BCUT2D eigenvalue weighted by atomic mass is 32.1. The molecule has 0 radical (unpaired) electrons. The van der Waals surface area contributed by atoms with Crippen LogP contribution in [0.1, 0.15) is 42.1 Å². The summed E-state index contributed by atoms with van der Waals surface area (Å²) >= 11 is 2.97. The van der Waals surface area contributed by atoms with Crippen molar-refractivity contribution >= 4 is 32.9 Å². The second-order valence-corrected chi connectivity index (χ2v) is 6.52. The van der Waals surface area contributed by atoms with Crippen molar-refractivity contribution in [2.24, 2.45) is 0 Å². The first-order valence-electron chi connectivity index (χ1n) is 6.40. The van der Waals surface area contributed by atoms with E-state index in [0.717, 1.165) is 35.7 Å². The molecule has 2 aromatic heterocycles. The Hall–Kier alpha value is -1.28. The number of hydrogen-bond acceptors (Lipinski definition) is 8. The zero-order valence-corrected chi connectivity index (χ0v) is 12.3. The highest BCUT2D eigenvalue weighted by molar-refractivity contribution is 7.15. The number of anilines is 2. The van der Waals surface area contributed by atoms with Crippen molar-refractivity contribution in [2.75, 3.05) is 11.5 Å². The molecular weight excluding hydrogens is 280 g/mol. The summed E-state index contributed by atoms with van der Waals surface area (Å²) in [6, 6.07) is 0. The first-order chi connectivity index (χ1) is 9.24. The molecule has 4 N–H and O–H groups in total. The quantitative estimate of drug-likeness (QED) is 0.725. The Kier molecular flexibility index (Phi) is 5.46. The number of rotatable bonds is 8. The molecule has 8 heteroatoms. The van der Waals surface area contributed by atoms with Crippen LogP contribution >= 0.6 is 22.7 Å². The molecule has 0 unspecified atom stereocenters. The van der Waals surface area contributed by atoms with Crippen LogP contribution in [0.15, 0.2) is 0 Å². The van der Waals surface area contributed by atoms with Crippen molar-refractivity contribution < 1.29 is 0 Å². The smallest absolute Gasteiger partial charge is 0.203 e. The van der Waals surface area contributed by atoms with Crippen LogP contribution < -0.4 is 11.5 Å². The van der Waals surface area contributed by atoms with Crippen molar-refractivity contribution in [3.05, 3.63) is 10.0 Å². The van der Waals surface area contributed by atoms with Crippen molar-refractivity contribution in [1.82, 2.24) is 20.4 Å². The zero-order chi connectivity index (χ0) is 13.5. The highest BCUT2D eigenvalue weighted by Crippen LogP contribution is 2.16. The van der Waals surface area contributed by atoms with Gasteiger partial charge in [0.05, 0.1) is 0 Å². The molecule has 0 saturated heterocycles. The molecule has 0 aliphatic heterocycles. The van der Waals surface area contributed by atoms with E-state index in [1.54, 1.807) is 0 Å². The van der Waals surface area contributed by atoms with E-state index >= 15 is 0 Å². The second kappa shape index (κ2) is 7.34. The van der Waals surface area contributed by atoms with E-state index in [1.165, 1.54) is 41.9 Å². The lowest BCUT2D eigenvalue weighted by Gasteiger charge is -1.99. The third kappa shape index (κ3) is 5.07. The van der Waals surface area contributed by atoms with Crippen LogP contribution in [-0.2, 0) is 12.8 Å². The van der Waals surface area contributed by atoms with Gasteiger partial charge in [0.25, 0.3) is 0 Å². The van der Waals surface area contributed by atoms with Crippen LogP contribution in [0.2, 0.25) is 0 Å². The summed E-state index contributed by atoms with van der Waals surface area (Å²) in [5.41, 5.74) is 11.1. The summed E-state index contributed by atoms with van der Waals surface area (Å²) in [5.74, 6) is 0. The Morgan fingerprint density at radius 3 is 1.42 bits per heavy atom. The molecule has 0 aromatic carbocycles. The Labute approximate surface area is 120 Å². The molecule has 19 heavy (non-hydrogen) atoms. The van der Waals surface area contributed by atoms with Gasteiger partial charge >= 0.3 is 0 Å². The van der Waals surface area contributed by atoms with E-state index in [-0.39, 0.29) is 0 Å². The monoisotopic (exact) mass is 298 g/mol. The van der Waals surface area contributed by atoms with Gasteiger partial charge in [0.1, 0.15) is 10.0 Å². The summed E-state index contributed by atoms with van der Waals surface area (Å²) in [4.78, 5) is 0. The summed E-state index contributed by atoms with van der Waals surface area (Å²) in [7, 11) is 0. The van der Waals surface area contributed by atoms with E-state index in [0.29, 0.717) is 10.3 Å². The van der Waals surface area contributed by atoms with Crippen LogP contribution in [0.25, 0.3) is 0 Å². The minimum atomic E-state index is 0.561. The maximum absolute atomic E-state index is 5.53. The summed E-state index contributed by atoms with van der Waals surface area (Å²) in [5, 5.41) is 18.8. The molecule has 0 aliphatic rings. The summed E-state index contributed by atoms with van der Waals surface area (Å²) in [6.45, 7) is 0. The van der Waals surface area contributed by atoms with Crippen LogP contribution in [-0.4, -0.2) is 20.4 Å². The maximum Gasteiger partial charge on any atom is 0.203 e. The minimum Gasteiger partial charge on any atom is -0.374 e. The van der Waals surface area contributed by atoms with Crippen LogP contribution in [0.5, 0.6) is 0 Å². The van der Waals surface area contributed by atoms with Gasteiger partial charge in [0, 0.05) is 12.8 Å². The molecule has 0 aliphatic carbocycles. The van der Waals surface area contributed by atoms with E-state index in [4.69, 9.17) is 11.5 Å². The summed E-state index contributed by atoms with van der Waals surface area (Å²) < 4.78 is 0. The molecular formula is C11H18N6S2. The predicted octanol–water partition coefficient (Wildman–Crippen LogP) is 2.29. The Morgan fingerprint density at radius 2 is 1.05 bits per heavy atom. The van der Waals surface area contributed by atoms with E-state index in [2.05, 4.69) is 20.4 Å². The fraction of sp³-hybridized carbons (Fsp3) is 0.636. The van der Waals surface area contributed by atoms with Crippen LogP contribution in [0, 0.1) is 0 Å². The highest BCUT2D eigenvalue weighted by Gasteiger charge is 2.02. The van der Waals surface area contributed by atoms with Gasteiger partial charge in [-0.25, -0.2) is 0 Å². The zero-order valence-electron chi connectivity index (χ0n) is 10.7. The molecule has 0 saturated carbocycles. The first-order valence-corrected chi connectivity index (χ1v) is 8.03. The van der Waals surface area contributed by atoms with Gasteiger partial charge < -0.3 is 11.5 Å². The normalized spacial score (nSPS) is 10.9. The number of nitrogen functional groups attached to an aromatic ring is 2. The van der Waals surface area contributed by atoms with Crippen LogP contribution in [0.3, 0.4) is 0 Å². The number of nitrogens with two attached hydrogens (primary N) is 2. The van der Waals surface area contributed by atoms with Crippen molar-refractivity contribution in [1.29, 1.82) is 0 Å². The SMILES string of the molecule is Nc1nnc(CCCCCCCc2nnc(N)s2)s1. The molecule has 2 aromatic rings. The molecule has 0 bridgehead atoms. The lowest BCUT2D eigenvalue weighted by molar-refractivity contribution is 0.610. The third-order valence-electron chi connectivity index (χ3n) is 2.75. The van der Waals surface area contributed by atoms with Crippen LogP contribution in [0.4, 0.5) is 10.3 Å². The van der Waals surface area contributed by atoms with Gasteiger partial charge in [0.2, 0.25) is 10.3 Å². The third-order valence-corrected chi connectivity index (χ3v) is 4.37. The van der Waals surface area contributed by atoms with Gasteiger partial charge in [-0.2, -0.15) is 0 Å². The fourth-order valence-corrected chi connectivity index (χ4v) is 3.12. The molecule has 0 atom stereocenters. The molecule has 0 fully saturated rings. The molecule has 0 amide bonds. The maximum atomic E-state index is 5.53. The lowest BCUT2D eigenvalue weighted by atomic mass is 10.1. The summed E-state index contributed by atoms with van der Waals surface area (Å²) in [6.07, 6.45) is 7.96. The topological polar surface area (TPSA) is 104 Å². The van der Waals surface area contributed by atoms with Gasteiger partial charge in [-0.05, 0) is 12.8 Å². The average Bonchev–Trinajstić information content (AvgIpc) is 2.97. The number of aromatic nitrogens is 4. The van der Waals surface area contributed by atoms with E-state index in [1.807, 2.05) is 0 Å². The first kappa shape index (κ1) is 14.1. The lowest BCUT2D eigenvalue weighted by Crippen LogP contribution is -1.88. The molecule has 2 rings (SSSR count). The predicted molar refractivity (Wildman–Crippen MR) is 79.1 cm³/mol. The van der Waals surface area contributed by atoms with Gasteiger partial charge in [-0.15, -0.1) is 20.4 Å². The number of nitrogens with zero attached hydrogens (tertiary/aromatic N) is 4. The largest absolute Gasteiger partial charge is 0.374 e. The Morgan fingerprint density at radius 1 is 0.632 bits per heavy atom. The van der Waals surface area contributed by atoms with Crippen molar-refractivity contribution in [3.8, 4) is 0 Å². The number of hydrogen-bond donors (Lipinski definition) is 2. The Bertz CT molecular complexity index is 451. The molecule has 6 nitrogen and oxygen atoms in total. The molecule has 104 valence electrons. The van der Waals surface area contributed by atoms with Crippen molar-refractivity contribution in [3.63, 3.8) is 0 Å². The molecule has 2 heterocycles. The standard InChI is InChI=1S/C11H18N6S2/c12-10-16-14-8(18-10)6-4-2-1-3-5-7-9-15-17-11(13)19-9/h1-7H2,(H2,12,16)(H2,13,17). The van der Waals surface area contributed by atoms with Gasteiger partial charge in [-0.1, -0.05) is 41.9 Å². The fourth-order valence-electron chi connectivity index (χ4n) is 1.82. The van der Waals surface area contributed by atoms with Gasteiger partial charge in [-0.3, -0.25) is 0 Å². The molecule has 0 spiro atoms. The average molecular weight is 298 g/mol.